The van der Waals surface area contributed by atoms with Gasteiger partial charge in [-0.2, -0.15) is 0 Å². The van der Waals surface area contributed by atoms with Crippen molar-refractivity contribution in [3.05, 3.63) is 35.5 Å². The molecule has 0 aliphatic rings. The van der Waals surface area contributed by atoms with Gasteiger partial charge < -0.3 is 0 Å². The summed E-state index contributed by atoms with van der Waals surface area (Å²) in [5.74, 6) is 0. The fourth-order valence-electron chi connectivity index (χ4n) is 1.77. The maximum atomic E-state index is 11.6. The molecule has 0 radical (unpaired) electrons. The number of sulfone groups is 1. The van der Waals surface area contributed by atoms with Gasteiger partial charge in [-0.3, -0.25) is 0 Å². The van der Waals surface area contributed by atoms with Crippen molar-refractivity contribution in [3.63, 3.8) is 0 Å². The van der Waals surface area contributed by atoms with E-state index in [-0.39, 0.29) is 5.03 Å². The number of rotatable bonds is 1. The van der Waals surface area contributed by atoms with Crippen LogP contribution in [0.15, 0.2) is 29.3 Å². The number of pyridine rings is 1. The van der Waals surface area contributed by atoms with Gasteiger partial charge in [-0.25, -0.2) is 13.4 Å². The maximum Gasteiger partial charge on any atom is 0.193 e. The van der Waals surface area contributed by atoms with Crippen molar-refractivity contribution in [2.24, 2.45) is 0 Å². The van der Waals surface area contributed by atoms with Gasteiger partial charge in [0.1, 0.15) is 0 Å². The SMILES string of the molecule is Cc1nc(S(C)(=O)=O)c2ccccc2c1C. The highest BCUT2D eigenvalue weighted by molar-refractivity contribution is 7.90. The average Bonchev–Trinajstić information content (AvgIpc) is 2.22. The van der Waals surface area contributed by atoms with Crippen molar-refractivity contribution in [1.29, 1.82) is 0 Å². The van der Waals surface area contributed by atoms with Crippen LogP contribution in [-0.4, -0.2) is 19.7 Å². The highest BCUT2D eigenvalue weighted by Gasteiger charge is 2.15. The van der Waals surface area contributed by atoms with Crippen LogP contribution in [0.25, 0.3) is 10.8 Å². The molecule has 0 saturated carbocycles. The van der Waals surface area contributed by atoms with E-state index in [2.05, 4.69) is 4.98 Å². The van der Waals surface area contributed by atoms with Gasteiger partial charge in [0.15, 0.2) is 14.9 Å². The first-order chi connectivity index (χ1) is 7.41. The summed E-state index contributed by atoms with van der Waals surface area (Å²) >= 11 is 0. The number of fused-ring (bicyclic) bond motifs is 1. The van der Waals surface area contributed by atoms with Crippen LogP contribution in [0.2, 0.25) is 0 Å². The molecule has 0 bridgehead atoms. The molecule has 4 heteroatoms. The van der Waals surface area contributed by atoms with Gasteiger partial charge in [0.05, 0.1) is 0 Å². The van der Waals surface area contributed by atoms with Crippen LogP contribution in [0.5, 0.6) is 0 Å². The average molecular weight is 235 g/mol. The van der Waals surface area contributed by atoms with Crippen LogP contribution < -0.4 is 0 Å². The molecule has 0 aliphatic carbocycles. The summed E-state index contributed by atoms with van der Waals surface area (Å²) in [6, 6.07) is 7.45. The number of hydrogen-bond acceptors (Lipinski definition) is 3. The smallest absolute Gasteiger partial charge is 0.193 e. The van der Waals surface area contributed by atoms with E-state index >= 15 is 0 Å². The standard InChI is InChI=1S/C12H13NO2S/c1-8-9(2)13-12(16(3,14)15)11-7-5-4-6-10(8)11/h4-7H,1-3H3. The van der Waals surface area contributed by atoms with E-state index in [1.165, 1.54) is 6.26 Å². The van der Waals surface area contributed by atoms with Gasteiger partial charge in [0.2, 0.25) is 0 Å². The summed E-state index contributed by atoms with van der Waals surface area (Å²) < 4.78 is 23.3. The minimum atomic E-state index is -3.28. The second kappa shape index (κ2) is 3.56. The molecule has 16 heavy (non-hydrogen) atoms. The Labute approximate surface area is 95.1 Å². The Hall–Kier alpha value is -1.42. The zero-order valence-corrected chi connectivity index (χ0v) is 10.3. The highest BCUT2D eigenvalue weighted by atomic mass is 32.2. The lowest BCUT2D eigenvalue weighted by molar-refractivity contribution is 0.599. The van der Waals surface area contributed by atoms with E-state index < -0.39 is 9.84 Å². The van der Waals surface area contributed by atoms with E-state index in [4.69, 9.17) is 0 Å². The predicted octanol–water partition coefficient (Wildman–Crippen LogP) is 2.26. The van der Waals surface area contributed by atoms with Gasteiger partial charge >= 0.3 is 0 Å². The van der Waals surface area contributed by atoms with Crippen LogP contribution in [0.1, 0.15) is 11.3 Å². The molecule has 0 spiro atoms. The topological polar surface area (TPSA) is 47.0 Å². The van der Waals surface area contributed by atoms with Crippen molar-refractivity contribution in [2.75, 3.05) is 6.26 Å². The van der Waals surface area contributed by atoms with Gasteiger partial charge in [0.25, 0.3) is 0 Å². The molecule has 84 valence electrons. The molecule has 1 heterocycles. The maximum absolute atomic E-state index is 11.6. The van der Waals surface area contributed by atoms with Crippen molar-refractivity contribution >= 4 is 20.6 Å². The molecule has 0 amide bonds. The van der Waals surface area contributed by atoms with Crippen molar-refractivity contribution < 1.29 is 8.42 Å². The fourth-order valence-corrected chi connectivity index (χ4v) is 2.65. The number of nitrogens with zero attached hydrogens (tertiary/aromatic N) is 1. The van der Waals surface area contributed by atoms with Crippen LogP contribution in [0.4, 0.5) is 0 Å². The number of aromatic nitrogens is 1. The molecule has 0 N–H and O–H groups in total. The number of hydrogen-bond donors (Lipinski definition) is 0. The Morgan fingerprint density at radius 2 is 1.62 bits per heavy atom. The lowest BCUT2D eigenvalue weighted by Gasteiger charge is -2.09. The molecular formula is C12H13NO2S. The molecule has 0 unspecified atom stereocenters. The van der Waals surface area contributed by atoms with Crippen LogP contribution in [-0.2, 0) is 9.84 Å². The van der Waals surface area contributed by atoms with E-state index in [1.807, 2.05) is 32.0 Å². The van der Waals surface area contributed by atoms with Crippen molar-refractivity contribution in [1.82, 2.24) is 4.98 Å². The Kier molecular flexibility index (Phi) is 2.46. The summed E-state index contributed by atoms with van der Waals surface area (Å²) in [5, 5.41) is 1.83. The Morgan fingerprint density at radius 3 is 2.19 bits per heavy atom. The summed E-state index contributed by atoms with van der Waals surface area (Å²) in [6.07, 6.45) is 1.19. The zero-order valence-electron chi connectivity index (χ0n) is 9.48. The van der Waals surface area contributed by atoms with E-state index in [0.29, 0.717) is 5.39 Å². The second-order valence-electron chi connectivity index (χ2n) is 3.95. The third kappa shape index (κ3) is 1.69. The summed E-state index contributed by atoms with van der Waals surface area (Å²) in [5.41, 5.74) is 1.79. The summed E-state index contributed by atoms with van der Waals surface area (Å²) in [4.78, 5) is 4.18. The fraction of sp³-hybridized carbons (Fsp3) is 0.250. The van der Waals surface area contributed by atoms with E-state index in [1.54, 1.807) is 6.07 Å². The van der Waals surface area contributed by atoms with Crippen LogP contribution in [0.3, 0.4) is 0 Å². The summed E-state index contributed by atoms with van der Waals surface area (Å²) in [7, 11) is -3.28. The monoisotopic (exact) mass is 235 g/mol. The quantitative estimate of drug-likeness (QED) is 0.761. The lowest BCUT2D eigenvalue weighted by Crippen LogP contribution is -2.04. The van der Waals surface area contributed by atoms with Gasteiger partial charge in [-0.1, -0.05) is 24.3 Å². The van der Waals surface area contributed by atoms with Crippen molar-refractivity contribution in [2.45, 2.75) is 18.9 Å². The number of aryl methyl sites for hydroxylation is 2. The molecule has 2 rings (SSSR count). The molecule has 1 aromatic carbocycles. The van der Waals surface area contributed by atoms with Gasteiger partial charge in [-0.15, -0.1) is 0 Å². The molecule has 3 nitrogen and oxygen atoms in total. The first-order valence-corrected chi connectivity index (χ1v) is 6.86. The minimum absolute atomic E-state index is 0.172. The molecule has 2 aromatic rings. The molecule has 0 fully saturated rings. The number of benzene rings is 1. The first kappa shape index (κ1) is 11.1. The van der Waals surface area contributed by atoms with Crippen molar-refractivity contribution in [3.8, 4) is 0 Å². The normalized spacial score (nSPS) is 11.9. The Bertz CT molecular complexity index is 660. The minimum Gasteiger partial charge on any atom is -0.241 e. The zero-order chi connectivity index (χ0) is 11.9. The highest BCUT2D eigenvalue weighted by Crippen LogP contribution is 2.25. The van der Waals surface area contributed by atoms with Gasteiger partial charge in [0, 0.05) is 17.3 Å². The molecule has 0 atom stereocenters. The van der Waals surface area contributed by atoms with Crippen LogP contribution >= 0.6 is 0 Å². The predicted molar refractivity (Wildman–Crippen MR) is 64.3 cm³/mol. The van der Waals surface area contributed by atoms with Crippen LogP contribution in [0, 0.1) is 13.8 Å². The molecular weight excluding hydrogens is 222 g/mol. The summed E-state index contributed by atoms with van der Waals surface area (Å²) in [6.45, 7) is 3.78. The lowest BCUT2D eigenvalue weighted by atomic mass is 10.1. The largest absolute Gasteiger partial charge is 0.241 e. The van der Waals surface area contributed by atoms with E-state index in [0.717, 1.165) is 16.6 Å². The Morgan fingerprint density at radius 1 is 1.06 bits per heavy atom. The third-order valence-corrected chi connectivity index (χ3v) is 3.74. The Balaban J connectivity index is 3.02. The second-order valence-corrected chi connectivity index (χ2v) is 5.88. The van der Waals surface area contributed by atoms with E-state index in [9.17, 15) is 8.42 Å². The van der Waals surface area contributed by atoms with Gasteiger partial charge in [-0.05, 0) is 24.8 Å². The first-order valence-electron chi connectivity index (χ1n) is 4.97. The molecule has 1 aromatic heterocycles. The third-order valence-electron chi connectivity index (χ3n) is 2.72. The molecule has 0 aliphatic heterocycles. The molecule has 0 saturated heterocycles.